The van der Waals surface area contributed by atoms with Gasteiger partial charge in [0.2, 0.25) is 5.91 Å². The number of hydrogen-bond donors (Lipinski definition) is 0. The van der Waals surface area contributed by atoms with Crippen molar-refractivity contribution in [3.8, 4) is 0 Å². The maximum Gasteiger partial charge on any atom is 0.229 e. The molecule has 2 aromatic carbocycles. The first-order chi connectivity index (χ1) is 15.1. The van der Waals surface area contributed by atoms with E-state index in [1.807, 2.05) is 42.2 Å². The number of benzene rings is 2. The normalized spacial score (nSPS) is 14.8. The summed E-state index contributed by atoms with van der Waals surface area (Å²) in [6.45, 7) is 6.76. The van der Waals surface area contributed by atoms with Crippen LogP contribution in [0.5, 0.6) is 0 Å². The van der Waals surface area contributed by atoms with Crippen LogP contribution in [0.3, 0.4) is 0 Å². The molecule has 0 aliphatic carbocycles. The van der Waals surface area contributed by atoms with Crippen molar-refractivity contribution >= 4 is 56.0 Å². The second-order valence-corrected chi connectivity index (χ2v) is 10.1. The van der Waals surface area contributed by atoms with Gasteiger partial charge in [0.25, 0.3) is 0 Å². The van der Waals surface area contributed by atoms with E-state index in [0.29, 0.717) is 18.0 Å². The Hall–Kier alpha value is -1.64. The Labute approximate surface area is 196 Å². The standard InChI is InChI=1S/C23H26ClN3O2S2/c1-17-15-18(24)16-20-22(17)25-23(31-20)27(9-8-26-10-12-29-13-11-26)21(28)7-14-30-19-5-3-2-4-6-19/h2-6,15-16H,7-14H2,1H3. The van der Waals surface area contributed by atoms with Gasteiger partial charge in [-0.2, -0.15) is 0 Å². The summed E-state index contributed by atoms with van der Waals surface area (Å²) >= 11 is 9.49. The third-order valence-electron chi connectivity index (χ3n) is 5.24. The number of fused-ring (bicyclic) bond motifs is 1. The number of thiazole rings is 1. The molecule has 5 nitrogen and oxygen atoms in total. The van der Waals surface area contributed by atoms with Gasteiger partial charge in [-0.15, -0.1) is 11.8 Å². The van der Waals surface area contributed by atoms with Crippen molar-refractivity contribution in [1.82, 2.24) is 9.88 Å². The van der Waals surface area contributed by atoms with Gasteiger partial charge in [0, 0.05) is 48.3 Å². The van der Waals surface area contributed by atoms with Gasteiger partial charge >= 0.3 is 0 Å². The minimum atomic E-state index is 0.111. The number of halogens is 1. The molecule has 0 atom stereocenters. The van der Waals surface area contributed by atoms with Crippen LogP contribution in [-0.2, 0) is 9.53 Å². The molecule has 1 saturated heterocycles. The average Bonchev–Trinajstić information content (AvgIpc) is 3.19. The SMILES string of the molecule is Cc1cc(Cl)cc2sc(N(CCN3CCOCC3)C(=O)CCSc3ccccc3)nc12. The topological polar surface area (TPSA) is 45.7 Å². The van der Waals surface area contributed by atoms with Crippen molar-refractivity contribution < 1.29 is 9.53 Å². The number of hydrogen-bond acceptors (Lipinski definition) is 6. The smallest absolute Gasteiger partial charge is 0.229 e. The van der Waals surface area contributed by atoms with Crippen molar-refractivity contribution in [3.05, 3.63) is 53.1 Å². The van der Waals surface area contributed by atoms with Crippen LogP contribution < -0.4 is 4.90 Å². The van der Waals surface area contributed by atoms with Crippen LogP contribution in [0.25, 0.3) is 10.2 Å². The van der Waals surface area contributed by atoms with Gasteiger partial charge in [0.15, 0.2) is 5.13 Å². The molecule has 8 heteroatoms. The lowest BCUT2D eigenvalue weighted by Crippen LogP contribution is -2.43. The average molecular weight is 476 g/mol. The number of aromatic nitrogens is 1. The van der Waals surface area contributed by atoms with E-state index < -0.39 is 0 Å². The van der Waals surface area contributed by atoms with Crippen LogP contribution >= 0.6 is 34.7 Å². The predicted octanol–water partition coefficient (Wildman–Crippen LogP) is 5.11. The zero-order valence-electron chi connectivity index (χ0n) is 17.6. The second-order valence-electron chi connectivity index (χ2n) is 7.48. The third-order valence-corrected chi connectivity index (χ3v) is 7.50. The minimum absolute atomic E-state index is 0.111. The number of amides is 1. The highest BCUT2D eigenvalue weighted by Crippen LogP contribution is 2.33. The van der Waals surface area contributed by atoms with Gasteiger partial charge in [-0.05, 0) is 36.8 Å². The summed E-state index contributed by atoms with van der Waals surface area (Å²) in [7, 11) is 0. The van der Waals surface area contributed by atoms with Crippen molar-refractivity contribution in [2.24, 2.45) is 0 Å². The fourth-order valence-electron chi connectivity index (χ4n) is 3.56. The highest BCUT2D eigenvalue weighted by Gasteiger charge is 2.22. The summed E-state index contributed by atoms with van der Waals surface area (Å²) in [6.07, 6.45) is 0.471. The lowest BCUT2D eigenvalue weighted by Gasteiger charge is -2.29. The third kappa shape index (κ3) is 5.99. The Morgan fingerprint density at radius 1 is 1.26 bits per heavy atom. The van der Waals surface area contributed by atoms with Gasteiger partial charge in [-0.3, -0.25) is 14.6 Å². The molecule has 0 radical (unpaired) electrons. The zero-order valence-corrected chi connectivity index (χ0v) is 19.9. The highest BCUT2D eigenvalue weighted by atomic mass is 35.5. The Morgan fingerprint density at radius 3 is 2.81 bits per heavy atom. The molecule has 0 unspecified atom stereocenters. The number of carbonyl (C=O) groups excluding carboxylic acids is 1. The molecule has 0 bridgehead atoms. The van der Waals surface area contributed by atoms with E-state index in [0.717, 1.165) is 59.5 Å². The Balaban J connectivity index is 1.49. The monoisotopic (exact) mass is 475 g/mol. The summed E-state index contributed by atoms with van der Waals surface area (Å²) in [5, 5.41) is 1.45. The highest BCUT2D eigenvalue weighted by molar-refractivity contribution is 7.99. The second kappa shape index (κ2) is 10.8. The molecule has 4 rings (SSSR count). The fourth-order valence-corrected chi connectivity index (χ4v) is 5.88. The van der Waals surface area contributed by atoms with Crippen molar-refractivity contribution in [2.75, 3.05) is 50.0 Å². The first kappa shape index (κ1) is 22.6. The van der Waals surface area contributed by atoms with Gasteiger partial charge in [-0.1, -0.05) is 41.1 Å². The van der Waals surface area contributed by atoms with Gasteiger partial charge in [0.1, 0.15) is 0 Å². The van der Waals surface area contributed by atoms with Crippen LogP contribution in [0.15, 0.2) is 47.4 Å². The van der Waals surface area contributed by atoms with Gasteiger partial charge in [-0.25, -0.2) is 4.98 Å². The molecule has 3 aromatic rings. The summed E-state index contributed by atoms with van der Waals surface area (Å²) in [6, 6.07) is 14.0. The van der Waals surface area contributed by atoms with Crippen molar-refractivity contribution in [3.63, 3.8) is 0 Å². The maximum absolute atomic E-state index is 13.2. The van der Waals surface area contributed by atoms with Crippen LogP contribution in [0.2, 0.25) is 5.02 Å². The largest absolute Gasteiger partial charge is 0.379 e. The maximum atomic E-state index is 13.2. The number of ether oxygens (including phenoxy) is 1. The Kier molecular flexibility index (Phi) is 7.85. The number of anilines is 1. The summed E-state index contributed by atoms with van der Waals surface area (Å²) < 4.78 is 6.47. The van der Waals surface area contributed by atoms with E-state index >= 15 is 0 Å². The quantitative estimate of drug-likeness (QED) is 0.424. The number of carbonyl (C=O) groups is 1. The van der Waals surface area contributed by atoms with Crippen molar-refractivity contribution in [1.29, 1.82) is 0 Å². The van der Waals surface area contributed by atoms with Crippen LogP contribution in [0.1, 0.15) is 12.0 Å². The summed E-state index contributed by atoms with van der Waals surface area (Å²) in [4.78, 5) is 23.5. The Morgan fingerprint density at radius 2 is 2.03 bits per heavy atom. The van der Waals surface area contributed by atoms with E-state index in [2.05, 4.69) is 17.0 Å². The van der Waals surface area contributed by atoms with E-state index in [1.54, 1.807) is 11.8 Å². The molecule has 0 spiro atoms. The summed E-state index contributed by atoms with van der Waals surface area (Å²) in [5.74, 6) is 0.853. The fraction of sp³-hybridized carbons (Fsp3) is 0.391. The number of nitrogens with zero attached hydrogens (tertiary/aromatic N) is 3. The molecule has 31 heavy (non-hydrogen) atoms. The van der Waals surface area contributed by atoms with Crippen LogP contribution in [0, 0.1) is 6.92 Å². The van der Waals surface area contributed by atoms with Crippen LogP contribution in [-0.4, -0.2) is 60.9 Å². The number of thioether (sulfide) groups is 1. The first-order valence-corrected chi connectivity index (χ1v) is 12.6. The molecule has 0 N–H and O–H groups in total. The van der Waals surface area contributed by atoms with Gasteiger partial charge < -0.3 is 4.74 Å². The molecule has 1 aliphatic rings. The molecule has 1 amide bonds. The van der Waals surface area contributed by atoms with Crippen LogP contribution in [0.4, 0.5) is 5.13 Å². The van der Waals surface area contributed by atoms with E-state index in [-0.39, 0.29) is 5.91 Å². The van der Waals surface area contributed by atoms with E-state index in [4.69, 9.17) is 21.3 Å². The number of morpholine rings is 1. The van der Waals surface area contributed by atoms with E-state index in [9.17, 15) is 4.79 Å². The Bertz CT molecular complexity index is 1020. The van der Waals surface area contributed by atoms with Crippen molar-refractivity contribution in [2.45, 2.75) is 18.2 Å². The lowest BCUT2D eigenvalue weighted by atomic mass is 10.2. The lowest BCUT2D eigenvalue weighted by molar-refractivity contribution is -0.118. The first-order valence-electron chi connectivity index (χ1n) is 10.4. The molecule has 2 heterocycles. The molecule has 0 saturated carbocycles. The zero-order chi connectivity index (χ0) is 21.6. The molecule has 1 aliphatic heterocycles. The van der Waals surface area contributed by atoms with Gasteiger partial charge in [0.05, 0.1) is 23.4 Å². The number of rotatable bonds is 8. The molecular weight excluding hydrogens is 450 g/mol. The minimum Gasteiger partial charge on any atom is -0.379 e. The number of aryl methyl sites for hydroxylation is 1. The van der Waals surface area contributed by atoms with E-state index in [1.165, 1.54) is 16.2 Å². The molecule has 1 fully saturated rings. The molecule has 164 valence electrons. The predicted molar refractivity (Wildman–Crippen MR) is 131 cm³/mol. The summed E-state index contributed by atoms with van der Waals surface area (Å²) in [5.41, 5.74) is 1.96. The molecular formula is C23H26ClN3O2S2. The molecule has 1 aromatic heterocycles.